The van der Waals surface area contributed by atoms with Crippen LogP contribution in [0.25, 0.3) is 10.2 Å². The number of aromatic hydroxyl groups is 2. The number of thiazole rings is 1. The number of anilines is 1. The van der Waals surface area contributed by atoms with Gasteiger partial charge >= 0.3 is 0 Å². The van der Waals surface area contributed by atoms with Crippen LogP contribution in [0.2, 0.25) is 0 Å². The lowest BCUT2D eigenvalue weighted by Gasteiger charge is -2.05. The maximum atomic E-state index is 11.0. The van der Waals surface area contributed by atoms with Crippen molar-refractivity contribution in [2.75, 3.05) is 5.32 Å². The van der Waals surface area contributed by atoms with Crippen molar-refractivity contribution in [1.29, 1.82) is 0 Å². The number of carbonyl (C=O) groups excluding carboxylic acids is 1. The van der Waals surface area contributed by atoms with Crippen molar-refractivity contribution in [2.24, 2.45) is 0 Å². The van der Waals surface area contributed by atoms with Crippen LogP contribution in [0, 0.1) is 0 Å². The van der Waals surface area contributed by atoms with Gasteiger partial charge in [-0.3, -0.25) is 4.79 Å². The van der Waals surface area contributed by atoms with Gasteiger partial charge in [0, 0.05) is 18.7 Å². The summed E-state index contributed by atoms with van der Waals surface area (Å²) in [6.45, 7) is 1.70. The van der Waals surface area contributed by atoms with Gasteiger partial charge in [0.15, 0.2) is 0 Å². The van der Waals surface area contributed by atoms with Gasteiger partial charge in [0.25, 0.3) is 0 Å². The predicted molar refractivity (Wildman–Crippen MR) is 88.0 cm³/mol. The van der Waals surface area contributed by atoms with Gasteiger partial charge in [-0.05, 0) is 30.3 Å². The third kappa shape index (κ3) is 3.51. The van der Waals surface area contributed by atoms with Crippen LogP contribution in [-0.2, 0) is 11.4 Å². The van der Waals surface area contributed by atoms with Gasteiger partial charge in [0.1, 0.15) is 34.4 Å². The molecule has 0 unspecified atom stereocenters. The molecule has 0 spiro atoms. The Morgan fingerprint density at radius 3 is 2.70 bits per heavy atom. The molecule has 0 aliphatic heterocycles. The molecule has 3 rings (SSSR count). The average Bonchev–Trinajstić information content (AvgIpc) is 2.89. The van der Waals surface area contributed by atoms with Crippen LogP contribution >= 0.6 is 11.3 Å². The van der Waals surface area contributed by atoms with E-state index in [2.05, 4.69) is 10.3 Å². The van der Waals surface area contributed by atoms with Crippen molar-refractivity contribution in [3.05, 3.63) is 41.4 Å². The lowest BCUT2D eigenvalue weighted by molar-refractivity contribution is -0.114. The SMILES string of the molecule is CC(=O)Nc1ccc(OCc2nc3c(O)cc(O)cc3s2)cc1. The molecule has 3 N–H and O–H groups in total. The molecule has 0 radical (unpaired) electrons. The van der Waals surface area contributed by atoms with Crippen LogP contribution in [0.3, 0.4) is 0 Å². The first-order valence-electron chi connectivity index (χ1n) is 6.83. The quantitative estimate of drug-likeness (QED) is 0.683. The molecule has 0 bridgehead atoms. The number of phenolic OH excluding ortho intramolecular Hbond substituents is 2. The maximum absolute atomic E-state index is 11.0. The largest absolute Gasteiger partial charge is 0.508 e. The van der Waals surface area contributed by atoms with Gasteiger partial charge in [-0.2, -0.15) is 0 Å². The Bertz CT molecular complexity index is 858. The van der Waals surface area contributed by atoms with Crippen molar-refractivity contribution in [1.82, 2.24) is 4.98 Å². The van der Waals surface area contributed by atoms with Crippen LogP contribution in [0.5, 0.6) is 17.2 Å². The summed E-state index contributed by atoms with van der Waals surface area (Å²) >= 11 is 1.34. The van der Waals surface area contributed by atoms with Crippen LogP contribution in [0.15, 0.2) is 36.4 Å². The number of amides is 1. The average molecular weight is 330 g/mol. The number of fused-ring (bicyclic) bond motifs is 1. The summed E-state index contributed by atoms with van der Waals surface area (Å²) in [4.78, 5) is 15.3. The van der Waals surface area contributed by atoms with E-state index >= 15 is 0 Å². The van der Waals surface area contributed by atoms with Crippen molar-refractivity contribution >= 4 is 33.1 Å². The number of ether oxygens (including phenoxy) is 1. The van der Waals surface area contributed by atoms with Crippen molar-refractivity contribution in [2.45, 2.75) is 13.5 Å². The van der Waals surface area contributed by atoms with E-state index in [9.17, 15) is 15.0 Å². The number of nitrogens with one attached hydrogen (secondary N) is 1. The van der Waals surface area contributed by atoms with Crippen molar-refractivity contribution < 1.29 is 19.7 Å². The molecule has 1 heterocycles. The van der Waals surface area contributed by atoms with E-state index in [1.165, 1.54) is 24.3 Å². The molecular formula is C16H14N2O4S. The highest BCUT2D eigenvalue weighted by atomic mass is 32.1. The van der Waals surface area contributed by atoms with E-state index in [1.54, 1.807) is 30.3 Å². The molecule has 2 aromatic carbocycles. The standard InChI is InChI=1S/C16H14N2O4S/c1-9(19)17-10-2-4-12(5-3-10)22-8-15-18-16-13(21)6-11(20)7-14(16)23-15/h2-7,20-21H,8H2,1H3,(H,17,19). The zero-order valence-electron chi connectivity index (χ0n) is 12.2. The lowest BCUT2D eigenvalue weighted by atomic mass is 10.3. The molecule has 0 aliphatic rings. The minimum absolute atomic E-state index is 0.000298. The first kappa shape index (κ1) is 15.1. The van der Waals surface area contributed by atoms with E-state index in [1.807, 2.05) is 0 Å². The van der Waals surface area contributed by atoms with E-state index in [4.69, 9.17) is 4.74 Å². The van der Waals surface area contributed by atoms with Gasteiger partial charge in [-0.15, -0.1) is 11.3 Å². The molecule has 23 heavy (non-hydrogen) atoms. The van der Waals surface area contributed by atoms with Crippen LogP contribution in [-0.4, -0.2) is 21.1 Å². The Kier molecular flexibility index (Phi) is 4.03. The number of hydrogen-bond acceptors (Lipinski definition) is 6. The summed E-state index contributed by atoms with van der Waals surface area (Å²) in [6.07, 6.45) is 0. The molecule has 0 aliphatic carbocycles. The fraction of sp³-hybridized carbons (Fsp3) is 0.125. The van der Waals surface area contributed by atoms with Crippen LogP contribution in [0.1, 0.15) is 11.9 Å². The zero-order chi connectivity index (χ0) is 16.4. The molecule has 118 valence electrons. The topological polar surface area (TPSA) is 91.7 Å². The monoisotopic (exact) mass is 330 g/mol. The number of aromatic nitrogens is 1. The number of rotatable bonds is 4. The highest BCUT2D eigenvalue weighted by Crippen LogP contribution is 2.33. The molecule has 0 atom stereocenters. The second-order valence-electron chi connectivity index (χ2n) is 4.91. The Morgan fingerprint density at radius 2 is 2.00 bits per heavy atom. The van der Waals surface area contributed by atoms with Gasteiger partial charge < -0.3 is 20.3 Å². The summed E-state index contributed by atoms with van der Waals surface area (Å²) in [5, 5.41) is 22.6. The molecule has 0 fully saturated rings. The lowest BCUT2D eigenvalue weighted by Crippen LogP contribution is -2.05. The smallest absolute Gasteiger partial charge is 0.221 e. The summed E-state index contributed by atoms with van der Waals surface area (Å²) in [5.41, 5.74) is 1.15. The summed E-state index contributed by atoms with van der Waals surface area (Å²) in [7, 11) is 0. The van der Waals surface area contributed by atoms with Gasteiger partial charge in [0.2, 0.25) is 5.91 Å². The van der Waals surface area contributed by atoms with Crippen molar-refractivity contribution in [3.8, 4) is 17.2 Å². The minimum atomic E-state index is -0.129. The molecule has 1 aromatic heterocycles. The number of nitrogens with zero attached hydrogens (tertiary/aromatic N) is 1. The predicted octanol–water partition coefficient (Wildman–Crippen LogP) is 3.24. The molecule has 3 aromatic rings. The number of benzene rings is 2. The van der Waals surface area contributed by atoms with E-state index in [0.717, 1.165) is 0 Å². The molecule has 0 saturated heterocycles. The number of carbonyl (C=O) groups is 1. The van der Waals surface area contributed by atoms with Gasteiger partial charge in [0.05, 0.1) is 4.70 Å². The molecule has 1 amide bonds. The second kappa shape index (κ2) is 6.13. The molecule has 7 heteroatoms. The third-order valence-corrected chi connectivity index (χ3v) is 4.02. The fourth-order valence-corrected chi connectivity index (χ4v) is 3.02. The van der Waals surface area contributed by atoms with E-state index in [-0.39, 0.29) is 24.0 Å². The highest BCUT2D eigenvalue weighted by molar-refractivity contribution is 7.18. The molecule has 6 nitrogen and oxygen atoms in total. The Labute approximate surface area is 136 Å². The second-order valence-corrected chi connectivity index (χ2v) is 6.03. The Morgan fingerprint density at radius 1 is 1.26 bits per heavy atom. The minimum Gasteiger partial charge on any atom is -0.508 e. The first-order chi connectivity index (χ1) is 11.0. The highest BCUT2D eigenvalue weighted by Gasteiger charge is 2.10. The van der Waals surface area contributed by atoms with E-state index < -0.39 is 0 Å². The van der Waals surface area contributed by atoms with Crippen LogP contribution in [0.4, 0.5) is 5.69 Å². The van der Waals surface area contributed by atoms with Crippen molar-refractivity contribution in [3.63, 3.8) is 0 Å². The van der Waals surface area contributed by atoms with Gasteiger partial charge in [-0.1, -0.05) is 0 Å². The Balaban J connectivity index is 1.70. The third-order valence-electron chi connectivity index (χ3n) is 3.04. The van der Waals surface area contributed by atoms with Gasteiger partial charge in [-0.25, -0.2) is 4.98 Å². The number of hydrogen-bond donors (Lipinski definition) is 3. The molecule has 0 saturated carbocycles. The number of phenols is 2. The fourth-order valence-electron chi connectivity index (χ4n) is 2.09. The normalized spacial score (nSPS) is 10.7. The van der Waals surface area contributed by atoms with E-state index in [0.29, 0.717) is 26.7 Å². The summed E-state index contributed by atoms with van der Waals surface area (Å²) < 4.78 is 6.34. The summed E-state index contributed by atoms with van der Waals surface area (Å²) in [5.74, 6) is 0.462. The molecular weight excluding hydrogens is 316 g/mol. The first-order valence-corrected chi connectivity index (χ1v) is 7.65. The maximum Gasteiger partial charge on any atom is 0.221 e. The zero-order valence-corrected chi connectivity index (χ0v) is 13.1. The van der Waals surface area contributed by atoms with Crippen LogP contribution < -0.4 is 10.1 Å². The summed E-state index contributed by atoms with van der Waals surface area (Å²) in [6, 6.07) is 9.81. The Hall–Kier alpha value is -2.80.